The van der Waals surface area contributed by atoms with Gasteiger partial charge in [0.15, 0.2) is 0 Å². The van der Waals surface area contributed by atoms with Gasteiger partial charge in [-0.2, -0.15) is 0 Å². The van der Waals surface area contributed by atoms with Crippen LogP contribution in [0.25, 0.3) is 44.2 Å². The Balaban J connectivity index is 1.22. The average molecular weight is 692 g/mol. The molecule has 1 aromatic heterocycles. The molecule has 1 heterocycles. The van der Waals surface area contributed by atoms with Crippen LogP contribution in [0.3, 0.4) is 0 Å². The third-order valence-electron chi connectivity index (χ3n) is 12.1. The van der Waals surface area contributed by atoms with Crippen LogP contribution in [-0.4, -0.2) is 0 Å². The molecule has 0 spiro atoms. The molecule has 0 saturated carbocycles. The molecule has 2 aliphatic carbocycles. The van der Waals surface area contributed by atoms with Crippen LogP contribution in [0.1, 0.15) is 47.2 Å². The number of rotatable bonds is 5. The Hall–Kier alpha value is -6.64. The number of hydrogen-bond donors (Lipinski definition) is 0. The molecule has 2 heteroatoms. The number of para-hydroxylation sites is 1. The minimum Gasteiger partial charge on any atom is -0.456 e. The van der Waals surface area contributed by atoms with Crippen LogP contribution in [0.15, 0.2) is 192 Å². The molecule has 0 atom stereocenters. The molecule has 0 unspecified atom stereocenters. The molecular weight excluding hydrogens is 655 g/mol. The zero-order valence-corrected chi connectivity index (χ0v) is 30.3. The van der Waals surface area contributed by atoms with Crippen molar-refractivity contribution in [2.24, 2.45) is 0 Å². The van der Waals surface area contributed by atoms with Crippen molar-refractivity contribution in [3.05, 3.63) is 221 Å². The summed E-state index contributed by atoms with van der Waals surface area (Å²) in [6.45, 7) is 4.72. The minimum absolute atomic E-state index is 0.142. The summed E-state index contributed by atoms with van der Waals surface area (Å²) < 4.78 is 6.54. The van der Waals surface area contributed by atoms with Crippen molar-refractivity contribution in [3.63, 3.8) is 0 Å². The van der Waals surface area contributed by atoms with Crippen molar-refractivity contribution in [2.45, 2.75) is 24.7 Å². The van der Waals surface area contributed by atoms with E-state index in [1.165, 1.54) is 55.6 Å². The van der Waals surface area contributed by atoms with Crippen LogP contribution in [-0.2, 0) is 10.8 Å². The van der Waals surface area contributed by atoms with Gasteiger partial charge in [0, 0.05) is 39.2 Å². The summed E-state index contributed by atoms with van der Waals surface area (Å²) >= 11 is 0. The number of fused-ring (bicyclic) bond motifs is 9. The number of anilines is 3. The van der Waals surface area contributed by atoms with Crippen LogP contribution in [0.2, 0.25) is 0 Å². The third kappa shape index (κ3) is 4.17. The fourth-order valence-electron chi connectivity index (χ4n) is 9.77. The molecule has 8 aromatic carbocycles. The van der Waals surface area contributed by atoms with E-state index in [4.69, 9.17) is 4.42 Å². The Kier molecular flexibility index (Phi) is 6.55. The highest BCUT2D eigenvalue weighted by atomic mass is 16.3. The molecule has 0 radical (unpaired) electrons. The van der Waals surface area contributed by atoms with E-state index in [2.05, 4.69) is 201 Å². The predicted molar refractivity (Wildman–Crippen MR) is 223 cm³/mol. The topological polar surface area (TPSA) is 16.4 Å². The van der Waals surface area contributed by atoms with Gasteiger partial charge in [0.05, 0.1) is 11.1 Å². The highest BCUT2D eigenvalue weighted by Gasteiger charge is 2.47. The van der Waals surface area contributed by atoms with Gasteiger partial charge in [-0.3, -0.25) is 0 Å². The lowest BCUT2D eigenvalue weighted by molar-refractivity contribution is 0.660. The normalized spacial score (nSPS) is 14.4. The molecule has 0 aliphatic heterocycles. The molecule has 256 valence electrons. The first-order valence-electron chi connectivity index (χ1n) is 18.9. The van der Waals surface area contributed by atoms with Gasteiger partial charge in [0.2, 0.25) is 0 Å². The molecule has 54 heavy (non-hydrogen) atoms. The first kappa shape index (κ1) is 30.9. The maximum atomic E-state index is 6.54. The fourth-order valence-corrected chi connectivity index (χ4v) is 9.77. The summed E-state index contributed by atoms with van der Waals surface area (Å²) in [5, 5.41) is 2.25. The molecule has 0 fully saturated rings. The van der Waals surface area contributed by atoms with Gasteiger partial charge < -0.3 is 9.32 Å². The Morgan fingerprint density at radius 2 is 0.981 bits per heavy atom. The number of nitrogens with zero attached hydrogens (tertiary/aromatic N) is 1. The van der Waals surface area contributed by atoms with Gasteiger partial charge in [0.25, 0.3) is 0 Å². The van der Waals surface area contributed by atoms with E-state index >= 15 is 0 Å². The summed E-state index contributed by atoms with van der Waals surface area (Å²) in [6, 6.07) is 69.0. The molecule has 2 nitrogen and oxygen atoms in total. The van der Waals surface area contributed by atoms with Crippen LogP contribution < -0.4 is 4.90 Å². The Labute approximate surface area is 315 Å². The van der Waals surface area contributed by atoms with E-state index in [1.54, 1.807) is 0 Å². The monoisotopic (exact) mass is 691 g/mol. The zero-order chi connectivity index (χ0) is 36.0. The van der Waals surface area contributed by atoms with E-state index < -0.39 is 5.41 Å². The van der Waals surface area contributed by atoms with Gasteiger partial charge >= 0.3 is 0 Å². The molecule has 0 amide bonds. The molecular formula is C52H37NO. The lowest BCUT2D eigenvalue weighted by Gasteiger charge is -2.34. The van der Waals surface area contributed by atoms with Crippen molar-refractivity contribution >= 4 is 39.0 Å². The molecule has 0 N–H and O–H groups in total. The maximum absolute atomic E-state index is 6.54. The van der Waals surface area contributed by atoms with E-state index in [0.717, 1.165) is 39.0 Å². The van der Waals surface area contributed by atoms with Crippen LogP contribution in [0, 0.1) is 0 Å². The van der Waals surface area contributed by atoms with Crippen molar-refractivity contribution in [3.8, 4) is 22.3 Å². The standard InChI is InChI=1S/C52H37NO/c1-51(2)43-23-12-9-20-38(43)39-30-28-36(32-46(39)51)53(37-29-31-41-40-21-11-14-27-48(40)54-49(41)33-37)47-26-15-25-45-50(47)42-22-10-13-24-44(42)52(45,34-16-5-3-6-17-34)35-18-7-4-8-19-35/h3-33H,1-2H3. The summed E-state index contributed by atoms with van der Waals surface area (Å²) in [7, 11) is 0. The van der Waals surface area contributed by atoms with Crippen molar-refractivity contribution in [2.75, 3.05) is 4.90 Å². The molecule has 9 aromatic rings. The zero-order valence-electron chi connectivity index (χ0n) is 30.3. The predicted octanol–water partition coefficient (Wildman–Crippen LogP) is 13.7. The lowest BCUT2D eigenvalue weighted by atomic mass is 9.68. The maximum Gasteiger partial charge on any atom is 0.137 e. The summed E-state index contributed by atoms with van der Waals surface area (Å²) in [6.07, 6.45) is 0. The second-order valence-electron chi connectivity index (χ2n) is 15.2. The van der Waals surface area contributed by atoms with Crippen molar-refractivity contribution < 1.29 is 4.42 Å². The molecule has 0 bridgehead atoms. The summed E-state index contributed by atoms with van der Waals surface area (Å²) in [5.41, 5.74) is 17.4. The van der Waals surface area contributed by atoms with Gasteiger partial charge in [0.1, 0.15) is 11.2 Å². The second kappa shape index (κ2) is 11.4. The first-order chi connectivity index (χ1) is 26.5. The Morgan fingerprint density at radius 1 is 0.407 bits per heavy atom. The van der Waals surface area contributed by atoms with Gasteiger partial charge in [-0.15, -0.1) is 0 Å². The van der Waals surface area contributed by atoms with Gasteiger partial charge in [-0.1, -0.05) is 159 Å². The average Bonchev–Trinajstić information content (AvgIpc) is 3.83. The Morgan fingerprint density at radius 3 is 1.76 bits per heavy atom. The van der Waals surface area contributed by atoms with Crippen molar-refractivity contribution in [1.82, 2.24) is 0 Å². The molecule has 2 aliphatic rings. The van der Waals surface area contributed by atoms with Crippen molar-refractivity contribution in [1.29, 1.82) is 0 Å². The SMILES string of the molecule is CC1(C)c2ccccc2-c2ccc(N(c3ccc4c(c3)oc3ccccc34)c3cccc4c3-c3ccccc3C4(c3ccccc3)c3ccccc3)cc21. The summed E-state index contributed by atoms with van der Waals surface area (Å²) in [5.74, 6) is 0. The van der Waals surface area contributed by atoms with E-state index in [9.17, 15) is 0 Å². The number of hydrogen-bond acceptors (Lipinski definition) is 2. The number of benzene rings is 8. The fraction of sp³-hybridized carbons (Fsp3) is 0.0769. The van der Waals surface area contributed by atoms with Gasteiger partial charge in [-0.25, -0.2) is 0 Å². The van der Waals surface area contributed by atoms with E-state index in [1.807, 2.05) is 6.07 Å². The van der Waals surface area contributed by atoms with Crippen LogP contribution >= 0.6 is 0 Å². The first-order valence-corrected chi connectivity index (χ1v) is 18.9. The minimum atomic E-state index is -0.500. The highest BCUT2D eigenvalue weighted by molar-refractivity contribution is 6.07. The Bertz CT molecular complexity index is 2880. The smallest absolute Gasteiger partial charge is 0.137 e. The molecule has 11 rings (SSSR count). The quantitative estimate of drug-likeness (QED) is 0.179. The van der Waals surface area contributed by atoms with Gasteiger partial charge in [-0.05, 0) is 86.5 Å². The van der Waals surface area contributed by atoms with E-state index in [0.29, 0.717) is 0 Å². The number of furan rings is 1. The second-order valence-corrected chi connectivity index (χ2v) is 15.2. The lowest BCUT2D eigenvalue weighted by Crippen LogP contribution is -2.28. The van der Waals surface area contributed by atoms with Crippen LogP contribution in [0.5, 0.6) is 0 Å². The highest BCUT2D eigenvalue weighted by Crippen LogP contribution is 2.60. The third-order valence-corrected chi connectivity index (χ3v) is 12.1. The van der Waals surface area contributed by atoms with Crippen LogP contribution in [0.4, 0.5) is 17.1 Å². The van der Waals surface area contributed by atoms with E-state index in [-0.39, 0.29) is 5.41 Å². The largest absolute Gasteiger partial charge is 0.456 e. The molecule has 0 saturated heterocycles. The summed E-state index contributed by atoms with van der Waals surface area (Å²) in [4.78, 5) is 2.47.